The lowest BCUT2D eigenvalue weighted by molar-refractivity contribution is 0.0857. The van der Waals surface area contributed by atoms with E-state index in [0.29, 0.717) is 23.6 Å². The molecule has 0 bridgehead atoms. The maximum absolute atomic E-state index is 13.5. The summed E-state index contributed by atoms with van der Waals surface area (Å²) in [6.07, 6.45) is 2.04. The molecule has 2 N–H and O–H groups in total. The third-order valence-corrected chi connectivity index (χ3v) is 6.83. The van der Waals surface area contributed by atoms with Crippen LogP contribution in [-0.4, -0.2) is 43.1 Å². The lowest BCUT2D eigenvalue weighted by atomic mass is 10.1. The molecule has 1 heterocycles. The smallest absolute Gasteiger partial charge is 0.317 e. The summed E-state index contributed by atoms with van der Waals surface area (Å²) < 4.78 is 25.8. The van der Waals surface area contributed by atoms with E-state index in [4.69, 9.17) is 21.1 Å². The lowest BCUT2D eigenvalue weighted by Gasteiger charge is -2.20. The van der Waals surface area contributed by atoms with Crippen LogP contribution in [0.2, 0.25) is 5.02 Å². The third-order valence-electron chi connectivity index (χ3n) is 6.05. The summed E-state index contributed by atoms with van der Waals surface area (Å²) in [4.78, 5) is 26.9. The molecule has 200 valence electrons. The number of ether oxygens (including phenoxy) is 2. The molecule has 1 fully saturated rings. The second-order valence-electron chi connectivity index (χ2n) is 8.99. The van der Waals surface area contributed by atoms with Crippen LogP contribution in [0.3, 0.4) is 0 Å². The van der Waals surface area contributed by atoms with Crippen LogP contribution in [0.5, 0.6) is 11.5 Å². The Balaban J connectivity index is 1.33. The zero-order valence-electron chi connectivity index (χ0n) is 20.8. The van der Waals surface area contributed by atoms with Crippen molar-refractivity contribution in [2.45, 2.75) is 32.0 Å². The number of carbonyl (C=O) groups excluding carboxylic acids is 2. The van der Waals surface area contributed by atoms with Crippen molar-refractivity contribution in [1.29, 1.82) is 0 Å². The highest BCUT2D eigenvalue weighted by molar-refractivity contribution is 9.10. The first kappa shape index (κ1) is 27.9. The summed E-state index contributed by atoms with van der Waals surface area (Å²) in [6.45, 7) is 1.74. The van der Waals surface area contributed by atoms with Crippen LogP contribution >= 0.6 is 27.5 Å². The molecular formula is C28H28BrClFN3O4. The minimum atomic E-state index is -0.533. The number of urea groups is 1. The van der Waals surface area contributed by atoms with Gasteiger partial charge >= 0.3 is 6.03 Å². The van der Waals surface area contributed by atoms with E-state index in [1.807, 2.05) is 18.2 Å². The number of nitrogens with zero attached hydrogens (tertiary/aromatic N) is 1. The summed E-state index contributed by atoms with van der Waals surface area (Å²) in [6, 6.07) is 16.4. The van der Waals surface area contributed by atoms with Crippen LogP contribution in [0.25, 0.3) is 0 Å². The Kier molecular flexibility index (Phi) is 9.60. The number of hydrogen-bond acceptors (Lipinski definition) is 4. The minimum Gasteiger partial charge on any atom is -0.457 e. The van der Waals surface area contributed by atoms with E-state index in [1.165, 1.54) is 23.1 Å². The normalized spacial score (nSPS) is 14.7. The first-order chi connectivity index (χ1) is 18.3. The molecule has 1 aliphatic rings. The number of halogens is 3. The molecule has 0 spiro atoms. The molecule has 3 aromatic rings. The highest BCUT2D eigenvalue weighted by atomic mass is 79.9. The zero-order chi connectivity index (χ0) is 27.1. The molecule has 3 amide bonds. The number of rotatable bonds is 9. The summed E-state index contributed by atoms with van der Waals surface area (Å²) in [7, 11) is 1.67. The average Bonchev–Trinajstić information content (AvgIpc) is 3.43. The molecule has 7 nitrogen and oxygen atoms in total. The Bertz CT molecular complexity index is 1300. The summed E-state index contributed by atoms with van der Waals surface area (Å²) >= 11 is 9.31. The van der Waals surface area contributed by atoms with Crippen LogP contribution in [0.15, 0.2) is 65.1 Å². The van der Waals surface area contributed by atoms with E-state index in [-0.39, 0.29) is 36.2 Å². The van der Waals surface area contributed by atoms with Crippen molar-refractivity contribution >= 4 is 39.5 Å². The molecular weight excluding hydrogens is 577 g/mol. The second kappa shape index (κ2) is 13.1. The Hall–Kier alpha value is -3.14. The van der Waals surface area contributed by atoms with E-state index in [0.717, 1.165) is 35.0 Å². The van der Waals surface area contributed by atoms with Gasteiger partial charge in [-0.2, -0.15) is 0 Å². The number of nitrogens with one attached hydrogen (secondary N) is 2. The van der Waals surface area contributed by atoms with Crippen LogP contribution in [0, 0.1) is 5.82 Å². The molecule has 1 unspecified atom stereocenters. The Morgan fingerprint density at radius 3 is 2.76 bits per heavy atom. The zero-order valence-corrected chi connectivity index (χ0v) is 23.1. The van der Waals surface area contributed by atoms with Gasteiger partial charge in [-0.3, -0.25) is 4.79 Å². The third kappa shape index (κ3) is 7.69. The standard InChI is InChI=1S/C28H28BrClFN3O4/c1-34(17-20-7-8-21(29)13-26(20)38-22-9-10-25(31)24(30)14-22)28(36)33-15-18-4-2-5-19(12-18)27(35)32-16-23-6-3-11-37-23/h2,4-5,7-10,12-14,23H,3,6,11,15-17H2,1H3,(H,32,35)(H,33,36). The Morgan fingerprint density at radius 1 is 1.16 bits per heavy atom. The number of amides is 3. The van der Waals surface area contributed by atoms with Crippen molar-refractivity contribution in [1.82, 2.24) is 15.5 Å². The molecule has 1 aliphatic heterocycles. The molecule has 1 saturated heterocycles. The summed E-state index contributed by atoms with van der Waals surface area (Å²) in [5, 5.41) is 5.75. The summed E-state index contributed by atoms with van der Waals surface area (Å²) in [5.41, 5.74) is 2.08. The first-order valence-electron chi connectivity index (χ1n) is 12.2. The van der Waals surface area contributed by atoms with E-state index in [9.17, 15) is 14.0 Å². The van der Waals surface area contributed by atoms with Gasteiger partial charge in [0.2, 0.25) is 0 Å². The molecule has 4 rings (SSSR count). The predicted molar refractivity (Wildman–Crippen MR) is 147 cm³/mol. The number of benzene rings is 3. The van der Waals surface area contributed by atoms with Crippen LogP contribution in [0.1, 0.15) is 34.3 Å². The first-order valence-corrected chi connectivity index (χ1v) is 13.3. The maximum Gasteiger partial charge on any atom is 0.317 e. The van der Waals surface area contributed by atoms with Crippen molar-refractivity contribution in [2.75, 3.05) is 20.2 Å². The van der Waals surface area contributed by atoms with E-state index in [2.05, 4.69) is 26.6 Å². The van der Waals surface area contributed by atoms with Gasteiger partial charge in [0, 0.05) is 48.4 Å². The van der Waals surface area contributed by atoms with Crippen molar-refractivity contribution in [3.8, 4) is 11.5 Å². The van der Waals surface area contributed by atoms with Gasteiger partial charge in [0.05, 0.1) is 17.7 Å². The highest BCUT2D eigenvalue weighted by Gasteiger charge is 2.17. The van der Waals surface area contributed by atoms with Crippen LogP contribution < -0.4 is 15.4 Å². The monoisotopic (exact) mass is 603 g/mol. The topological polar surface area (TPSA) is 79.9 Å². The molecule has 38 heavy (non-hydrogen) atoms. The van der Waals surface area contributed by atoms with Crippen molar-refractivity contribution in [2.24, 2.45) is 0 Å². The SMILES string of the molecule is CN(Cc1ccc(Br)cc1Oc1ccc(F)c(Cl)c1)C(=O)NCc1cccc(C(=O)NCC2CCCO2)c1. The van der Waals surface area contributed by atoms with Crippen molar-refractivity contribution in [3.63, 3.8) is 0 Å². The van der Waals surface area contributed by atoms with Gasteiger partial charge in [-0.05, 0) is 54.8 Å². The number of carbonyl (C=O) groups is 2. The van der Waals surface area contributed by atoms with Crippen molar-refractivity contribution < 1.29 is 23.5 Å². The fourth-order valence-corrected chi connectivity index (χ4v) is 4.51. The molecule has 3 aromatic carbocycles. The average molecular weight is 605 g/mol. The molecule has 1 atom stereocenters. The lowest BCUT2D eigenvalue weighted by Crippen LogP contribution is -2.36. The predicted octanol–water partition coefficient (Wildman–Crippen LogP) is 6.28. The van der Waals surface area contributed by atoms with E-state index in [1.54, 1.807) is 31.3 Å². The fourth-order valence-electron chi connectivity index (χ4n) is 4.00. The van der Waals surface area contributed by atoms with Gasteiger partial charge in [-0.25, -0.2) is 9.18 Å². The summed E-state index contributed by atoms with van der Waals surface area (Å²) in [5.74, 6) is 0.177. The quantitative estimate of drug-likeness (QED) is 0.301. The van der Waals surface area contributed by atoms with E-state index >= 15 is 0 Å². The van der Waals surface area contributed by atoms with E-state index < -0.39 is 5.82 Å². The molecule has 10 heteroatoms. The maximum atomic E-state index is 13.5. The van der Waals surface area contributed by atoms with Crippen LogP contribution in [0.4, 0.5) is 9.18 Å². The highest BCUT2D eigenvalue weighted by Crippen LogP contribution is 2.31. The van der Waals surface area contributed by atoms with Gasteiger partial charge in [0.25, 0.3) is 5.91 Å². The van der Waals surface area contributed by atoms with Crippen LogP contribution in [-0.2, 0) is 17.8 Å². The van der Waals surface area contributed by atoms with Gasteiger partial charge in [-0.15, -0.1) is 0 Å². The van der Waals surface area contributed by atoms with Gasteiger partial charge in [0.15, 0.2) is 0 Å². The Morgan fingerprint density at radius 2 is 2.00 bits per heavy atom. The van der Waals surface area contributed by atoms with Gasteiger partial charge in [0.1, 0.15) is 17.3 Å². The largest absolute Gasteiger partial charge is 0.457 e. The van der Waals surface area contributed by atoms with Gasteiger partial charge < -0.3 is 25.0 Å². The van der Waals surface area contributed by atoms with Gasteiger partial charge in [-0.1, -0.05) is 45.7 Å². The fraction of sp³-hybridized carbons (Fsp3) is 0.286. The minimum absolute atomic E-state index is 0.0417. The second-order valence-corrected chi connectivity index (χ2v) is 10.3. The molecule has 0 aromatic heterocycles. The molecule has 0 radical (unpaired) electrons. The molecule has 0 aliphatic carbocycles. The molecule has 0 saturated carbocycles. The Labute approximate surface area is 234 Å². The number of hydrogen-bond donors (Lipinski definition) is 2. The van der Waals surface area contributed by atoms with Crippen molar-refractivity contribution in [3.05, 3.63) is 92.7 Å².